The van der Waals surface area contributed by atoms with E-state index in [9.17, 15) is 4.39 Å². The molecule has 0 aromatic heterocycles. The summed E-state index contributed by atoms with van der Waals surface area (Å²) in [6.45, 7) is 4.35. The van der Waals surface area contributed by atoms with Crippen molar-refractivity contribution in [1.82, 2.24) is 5.32 Å². The Morgan fingerprint density at radius 3 is 2.62 bits per heavy atom. The number of nitrogens with one attached hydrogen (secondary N) is 1. The third kappa shape index (κ3) is 2.83. The molecule has 0 aliphatic heterocycles. The van der Waals surface area contributed by atoms with Crippen molar-refractivity contribution in [3.63, 3.8) is 0 Å². The van der Waals surface area contributed by atoms with E-state index in [-0.39, 0.29) is 11.9 Å². The van der Waals surface area contributed by atoms with Crippen LogP contribution in [0.2, 0.25) is 0 Å². The van der Waals surface area contributed by atoms with Crippen LogP contribution in [0.3, 0.4) is 0 Å². The third-order valence-electron chi connectivity index (χ3n) is 3.27. The first-order valence-corrected chi connectivity index (χ1v) is 6.58. The highest BCUT2D eigenvalue weighted by atomic mass is 79.9. The molecule has 1 aliphatic rings. The van der Waals surface area contributed by atoms with E-state index in [1.165, 1.54) is 25.0 Å². The molecule has 1 N–H and O–H groups in total. The van der Waals surface area contributed by atoms with Crippen molar-refractivity contribution in [3.8, 4) is 0 Å². The highest BCUT2D eigenvalue weighted by molar-refractivity contribution is 9.10. The van der Waals surface area contributed by atoms with Crippen LogP contribution < -0.4 is 5.32 Å². The molecule has 1 aliphatic carbocycles. The van der Waals surface area contributed by atoms with Gasteiger partial charge in [0, 0.05) is 16.6 Å². The maximum absolute atomic E-state index is 13.0. The van der Waals surface area contributed by atoms with Crippen LogP contribution in [0, 0.1) is 11.7 Å². The first-order chi connectivity index (χ1) is 7.58. The number of rotatable bonds is 4. The molecule has 1 nitrogen and oxygen atoms in total. The summed E-state index contributed by atoms with van der Waals surface area (Å²) >= 11 is 3.41. The second-order valence-corrected chi connectivity index (χ2v) is 5.53. The lowest BCUT2D eigenvalue weighted by molar-refractivity contribution is 0.440. The van der Waals surface area contributed by atoms with Crippen LogP contribution in [-0.4, -0.2) is 6.04 Å². The molecule has 1 fully saturated rings. The van der Waals surface area contributed by atoms with Crippen molar-refractivity contribution >= 4 is 15.9 Å². The predicted molar refractivity (Wildman–Crippen MR) is 67.8 cm³/mol. The summed E-state index contributed by atoms with van der Waals surface area (Å²) in [7, 11) is 0. The molecule has 88 valence electrons. The molecule has 2 rings (SSSR count). The second kappa shape index (κ2) is 4.84. The molecule has 0 bridgehead atoms. The van der Waals surface area contributed by atoms with Gasteiger partial charge in [-0.15, -0.1) is 0 Å². The molecule has 3 heteroatoms. The van der Waals surface area contributed by atoms with E-state index in [2.05, 4.69) is 35.1 Å². The largest absolute Gasteiger partial charge is 0.307 e. The summed E-state index contributed by atoms with van der Waals surface area (Å²) in [5.41, 5.74) is 1.12. The lowest BCUT2D eigenvalue weighted by Crippen LogP contribution is -2.30. The summed E-state index contributed by atoms with van der Waals surface area (Å²) in [5, 5.41) is 3.57. The van der Waals surface area contributed by atoms with Gasteiger partial charge in [0.15, 0.2) is 0 Å². The minimum absolute atomic E-state index is 0.196. The van der Waals surface area contributed by atoms with Crippen LogP contribution >= 0.6 is 15.9 Å². The second-order valence-electron chi connectivity index (χ2n) is 4.68. The average Bonchev–Trinajstić information content (AvgIpc) is 2.99. The summed E-state index contributed by atoms with van der Waals surface area (Å²) < 4.78 is 13.8. The summed E-state index contributed by atoms with van der Waals surface area (Å²) in [6.07, 6.45) is 2.68. The van der Waals surface area contributed by atoms with Gasteiger partial charge < -0.3 is 5.32 Å². The lowest BCUT2D eigenvalue weighted by Gasteiger charge is -2.21. The molecule has 1 aromatic rings. The van der Waals surface area contributed by atoms with Crippen LogP contribution in [0.4, 0.5) is 4.39 Å². The zero-order valence-corrected chi connectivity index (χ0v) is 11.2. The maximum atomic E-state index is 13.0. The van der Waals surface area contributed by atoms with Gasteiger partial charge in [0.05, 0.1) is 0 Å². The zero-order chi connectivity index (χ0) is 11.7. The number of hydrogen-bond acceptors (Lipinski definition) is 1. The Kier molecular flexibility index (Phi) is 3.65. The fraction of sp³-hybridized carbons (Fsp3) is 0.538. The molecule has 0 spiro atoms. The Bertz CT molecular complexity index is 376. The Hall–Kier alpha value is -0.410. The monoisotopic (exact) mass is 285 g/mol. The molecule has 16 heavy (non-hydrogen) atoms. The molecule has 2 unspecified atom stereocenters. The normalized spacial score (nSPS) is 19.5. The first kappa shape index (κ1) is 12.1. The molecular weight excluding hydrogens is 269 g/mol. The molecule has 0 saturated heterocycles. The minimum atomic E-state index is -0.196. The predicted octanol–water partition coefficient (Wildman–Crippen LogP) is 4.04. The fourth-order valence-corrected chi connectivity index (χ4v) is 2.76. The van der Waals surface area contributed by atoms with Crippen LogP contribution in [0.5, 0.6) is 0 Å². The van der Waals surface area contributed by atoms with Gasteiger partial charge in [-0.1, -0.05) is 22.0 Å². The Balaban J connectivity index is 2.04. The third-order valence-corrected chi connectivity index (χ3v) is 3.96. The summed E-state index contributed by atoms with van der Waals surface area (Å²) in [6, 6.07) is 5.68. The first-order valence-electron chi connectivity index (χ1n) is 5.79. The SMILES string of the molecule is CC(NC(C)C1CC1)c1ccc(F)cc1Br. The van der Waals surface area contributed by atoms with Crippen molar-refractivity contribution in [2.24, 2.45) is 5.92 Å². The van der Waals surface area contributed by atoms with E-state index >= 15 is 0 Å². The van der Waals surface area contributed by atoms with Gasteiger partial charge >= 0.3 is 0 Å². The minimum Gasteiger partial charge on any atom is -0.307 e. The van der Waals surface area contributed by atoms with E-state index in [1.54, 1.807) is 0 Å². The van der Waals surface area contributed by atoms with Gasteiger partial charge in [-0.2, -0.15) is 0 Å². The molecule has 0 radical (unpaired) electrons. The molecule has 0 amide bonds. The van der Waals surface area contributed by atoms with E-state index in [0.717, 1.165) is 16.0 Å². The van der Waals surface area contributed by atoms with Gasteiger partial charge in [0.2, 0.25) is 0 Å². The molecular formula is C13H17BrFN. The summed E-state index contributed by atoms with van der Waals surface area (Å²) in [5.74, 6) is 0.639. The van der Waals surface area contributed by atoms with Crippen molar-refractivity contribution in [3.05, 3.63) is 34.1 Å². The molecule has 1 saturated carbocycles. The van der Waals surface area contributed by atoms with Crippen LogP contribution in [0.15, 0.2) is 22.7 Å². The van der Waals surface area contributed by atoms with Crippen LogP contribution in [0.25, 0.3) is 0 Å². The quantitative estimate of drug-likeness (QED) is 0.881. The van der Waals surface area contributed by atoms with E-state index in [4.69, 9.17) is 0 Å². The van der Waals surface area contributed by atoms with E-state index < -0.39 is 0 Å². The van der Waals surface area contributed by atoms with Crippen LogP contribution in [0.1, 0.15) is 38.3 Å². The highest BCUT2D eigenvalue weighted by Crippen LogP contribution is 2.34. The Labute approximate surface area is 105 Å². The molecule has 0 heterocycles. The lowest BCUT2D eigenvalue weighted by atomic mass is 10.1. The molecule has 1 aromatic carbocycles. The molecule has 2 atom stereocenters. The van der Waals surface area contributed by atoms with Gasteiger partial charge in [-0.3, -0.25) is 0 Å². The van der Waals surface area contributed by atoms with Crippen molar-refractivity contribution in [2.75, 3.05) is 0 Å². The number of benzene rings is 1. The smallest absolute Gasteiger partial charge is 0.124 e. The average molecular weight is 286 g/mol. The van der Waals surface area contributed by atoms with Gasteiger partial charge in [0.25, 0.3) is 0 Å². The maximum Gasteiger partial charge on any atom is 0.124 e. The van der Waals surface area contributed by atoms with Gasteiger partial charge in [0.1, 0.15) is 5.82 Å². The number of halogens is 2. The topological polar surface area (TPSA) is 12.0 Å². The van der Waals surface area contributed by atoms with Crippen molar-refractivity contribution < 1.29 is 4.39 Å². The standard InChI is InChI=1S/C13H17BrFN/c1-8(10-3-4-10)16-9(2)12-6-5-11(15)7-13(12)14/h5-10,16H,3-4H2,1-2H3. The van der Waals surface area contributed by atoms with Crippen molar-refractivity contribution in [1.29, 1.82) is 0 Å². The van der Waals surface area contributed by atoms with Gasteiger partial charge in [-0.05, 0) is 50.3 Å². The zero-order valence-electron chi connectivity index (χ0n) is 9.63. The van der Waals surface area contributed by atoms with E-state index in [0.29, 0.717) is 6.04 Å². The summed E-state index contributed by atoms with van der Waals surface area (Å²) in [4.78, 5) is 0. The van der Waals surface area contributed by atoms with E-state index in [1.807, 2.05) is 6.07 Å². The Morgan fingerprint density at radius 2 is 2.06 bits per heavy atom. The highest BCUT2D eigenvalue weighted by Gasteiger charge is 2.28. The van der Waals surface area contributed by atoms with Gasteiger partial charge in [-0.25, -0.2) is 4.39 Å². The fourth-order valence-electron chi connectivity index (χ4n) is 2.07. The van der Waals surface area contributed by atoms with Crippen molar-refractivity contribution in [2.45, 2.75) is 38.8 Å². The van der Waals surface area contributed by atoms with Crippen LogP contribution in [-0.2, 0) is 0 Å². The Morgan fingerprint density at radius 1 is 1.38 bits per heavy atom. The number of hydrogen-bond donors (Lipinski definition) is 1.